The molecule has 4 aromatic rings. The van der Waals surface area contributed by atoms with E-state index in [2.05, 4.69) is 66.4 Å². The maximum Gasteiger partial charge on any atom is 0.128 e. The second-order valence-electron chi connectivity index (χ2n) is 7.65. The molecule has 0 radical (unpaired) electrons. The third-order valence-corrected chi connectivity index (χ3v) is 6.04. The summed E-state index contributed by atoms with van der Waals surface area (Å²) in [7, 11) is 0. The first-order valence-electron chi connectivity index (χ1n) is 10.6. The van der Waals surface area contributed by atoms with Gasteiger partial charge in [-0.05, 0) is 60.0 Å². The number of likely N-dealkylation sites (N-methyl/N-ethyl adjacent to an activating group) is 1. The van der Waals surface area contributed by atoms with Gasteiger partial charge in [0.05, 0.1) is 17.8 Å². The summed E-state index contributed by atoms with van der Waals surface area (Å²) < 4.78 is 5.96. The van der Waals surface area contributed by atoms with E-state index < -0.39 is 0 Å². The molecule has 0 unspecified atom stereocenters. The van der Waals surface area contributed by atoms with Crippen LogP contribution < -0.4 is 4.74 Å². The Balaban J connectivity index is 1.85. The van der Waals surface area contributed by atoms with Gasteiger partial charge in [0, 0.05) is 24.0 Å². The molecular formula is C26H26N2O. The zero-order valence-corrected chi connectivity index (χ0v) is 17.1. The monoisotopic (exact) mass is 382 g/mol. The van der Waals surface area contributed by atoms with E-state index in [1.165, 1.54) is 27.3 Å². The Bertz CT molecular complexity index is 1200. The molecule has 5 rings (SSSR count). The van der Waals surface area contributed by atoms with E-state index >= 15 is 0 Å². The van der Waals surface area contributed by atoms with Crippen molar-refractivity contribution >= 4 is 21.7 Å². The van der Waals surface area contributed by atoms with Crippen LogP contribution in [0.5, 0.6) is 5.75 Å². The van der Waals surface area contributed by atoms with Gasteiger partial charge >= 0.3 is 0 Å². The molecule has 0 N–H and O–H groups in total. The zero-order chi connectivity index (χ0) is 19.8. The van der Waals surface area contributed by atoms with Gasteiger partial charge in [-0.15, -0.1) is 0 Å². The minimum atomic E-state index is 0.651. The van der Waals surface area contributed by atoms with Crippen LogP contribution in [0.2, 0.25) is 0 Å². The fraction of sp³-hybridized carbons (Fsp3) is 0.269. The summed E-state index contributed by atoms with van der Waals surface area (Å²) in [5, 5.41) is 3.92. The Kier molecular flexibility index (Phi) is 4.69. The minimum Gasteiger partial charge on any atom is -0.493 e. The largest absolute Gasteiger partial charge is 0.493 e. The second kappa shape index (κ2) is 7.49. The van der Waals surface area contributed by atoms with Gasteiger partial charge in [0.2, 0.25) is 0 Å². The van der Waals surface area contributed by atoms with E-state index in [-0.39, 0.29) is 0 Å². The molecule has 0 atom stereocenters. The van der Waals surface area contributed by atoms with E-state index in [1.807, 2.05) is 13.0 Å². The van der Waals surface area contributed by atoms with Crippen LogP contribution in [0.4, 0.5) is 0 Å². The summed E-state index contributed by atoms with van der Waals surface area (Å²) in [6.45, 7) is 8.01. The summed E-state index contributed by atoms with van der Waals surface area (Å²) in [4.78, 5) is 7.72. The molecule has 0 fully saturated rings. The fourth-order valence-electron chi connectivity index (χ4n) is 4.61. The third kappa shape index (κ3) is 3.06. The van der Waals surface area contributed by atoms with Crippen molar-refractivity contribution in [2.45, 2.75) is 26.8 Å². The molecular weight excluding hydrogens is 356 g/mol. The smallest absolute Gasteiger partial charge is 0.128 e. The van der Waals surface area contributed by atoms with Gasteiger partial charge < -0.3 is 4.74 Å². The van der Waals surface area contributed by atoms with Gasteiger partial charge in [-0.25, -0.2) is 4.98 Å². The lowest BCUT2D eigenvalue weighted by Gasteiger charge is -2.30. The molecule has 0 amide bonds. The lowest BCUT2D eigenvalue weighted by atomic mass is 9.89. The van der Waals surface area contributed by atoms with Crippen molar-refractivity contribution in [2.75, 3.05) is 19.7 Å². The molecule has 0 saturated carbocycles. The maximum atomic E-state index is 5.96. The first kappa shape index (κ1) is 18.1. The van der Waals surface area contributed by atoms with Gasteiger partial charge in [-0.1, -0.05) is 49.4 Å². The molecule has 0 saturated heterocycles. The van der Waals surface area contributed by atoms with Crippen LogP contribution in [0.3, 0.4) is 0 Å². The van der Waals surface area contributed by atoms with E-state index in [4.69, 9.17) is 9.72 Å². The number of aromatic nitrogens is 1. The van der Waals surface area contributed by atoms with Crippen LogP contribution in [0.15, 0.2) is 60.7 Å². The molecule has 0 bridgehead atoms. The molecule has 1 aromatic heterocycles. The van der Waals surface area contributed by atoms with Crippen LogP contribution >= 0.6 is 0 Å². The number of ether oxygens (including phenoxy) is 1. The van der Waals surface area contributed by atoms with Crippen LogP contribution in [-0.4, -0.2) is 29.6 Å². The second-order valence-corrected chi connectivity index (χ2v) is 7.65. The number of benzene rings is 3. The van der Waals surface area contributed by atoms with Crippen molar-refractivity contribution in [3.63, 3.8) is 0 Å². The molecule has 3 aromatic carbocycles. The molecule has 3 nitrogen and oxygen atoms in total. The first-order valence-corrected chi connectivity index (χ1v) is 10.6. The predicted octanol–water partition coefficient (Wildman–Crippen LogP) is 5.83. The fourth-order valence-corrected chi connectivity index (χ4v) is 4.61. The van der Waals surface area contributed by atoms with E-state index in [9.17, 15) is 0 Å². The van der Waals surface area contributed by atoms with Crippen molar-refractivity contribution in [3.8, 4) is 17.0 Å². The molecule has 0 spiro atoms. The molecule has 0 aliphatic carbocycles. The lowest BCUT2D eigenvalue weighted by molar-refractivity contribution is 0.269. The van der Waals surface area contributed by atoms with Gasteiger partial charge in [0.15, 0.2) is 0 Å². The Morgan fingerprint density at radius 2 is 1.76 bits per heavy atom. The molecule has 3 heteroatoms. The quantitative estimate of drug-likeness (QED) is 0.415. The van der Waals surface area contributed by atoms with Crippen LogP contribution in [-0.2, 0) is 13.0 Å². The standard InChI is InChI=1S/C26H26N2O/c1-3-28-16-15-20-22(17-28)26(21-11-7-8-12-24(21)29-4-2)27-23-14-13-18-9-5-6-10-19(18)25(20)23/h5-14H,3-4,15-17H2,1-2H3. The zero-order valence-electron chi connectivity index (χ0n) is 17.1. The summed E-state index contributed by atoms with van der Waals surface area (Å²) in [5.74, 6) is 0.915. The molecule has 29 heavy (non-hydrogen) atoms. The number of pyridine rings is 1. The molecule has 1 aliphatic rings. The van der Waals surface area contributed by atoms with Crippen molar-refractivity contribution in [2.24, 2.45) is 0 Å². The van der Waals surface area contributed by atoms with E-state index in [0.717, 1.165) is 48.6 Å². The Morgan fingerprint density at radius 1 is 0.931 bits per heavy atom. The first-order chi connectivity index (χ1) is 14.3. The summed E-state index contributed by atoms with van der Waals surface area (Å²) in [6.07, 6.45) is 1.06. The molecule has 146 valence electrons. The van der Waals surface area contributed by atoms with Crippen LogP contribution in [0, 0.1) is 0 Å². The number of para-hydroxylation sites is 1. The predicted molar refractivity (Wildman–Crippen MR) is 121 cm³/mol. The number of hydrogen-bond donors (Lipinski definition) is 0. The van der Waals surface area contributed by atoms with Crippen molar-refractivity contribution in [1.82, 2.24) is 9.88 Å². The molecule has 2 heterocycles. The highest BCUT2D eigenvalue weighted by Crippen LogP contribution is 2.39. The van der Waals surface area contributed by atoms with Gasteiger partial charge in [-0.3, -0.25) is 4.90 Å². The minimum absolute atomic E-state index is 0.651. The average molecular weight is 383 g/mol. The van der Waals surface area contributed by atoms with Crippen LogP contribution in [0.25, 0.3) is 32.9 Å². The van der Waals surface area contributed by atoms with Gasteiger partial charge in [0.25, 0.3) is 0 Å². The van der Waals surface area contributed by atoms with Crippen molar-refractivity contribution in [3.05, 3.63) is 71.8 Å². The van der Waals surface area contributed by atoms with Gasteiger partial charge in [-0.2, -0.15) is 0 Å². The highest BCUT2D eigenvalue weighted by molar-refractivity contribution is 6.09. The van der Waals surface area contributed by atoms with Crippen molar-refractivity contribution in [1.29, 1.82) is 0 Å². The Hall–Kier alpha value is -2.91. The number of rotatable bonds is 4. The van der Waals surface area contributed by atoms with Crippen molar-refractivity contribution < 1.29 is 4.74 Å². The number of fused-ring (bicyclic) bond motifs is 5. The topological polar surface area (TPSA) is 25.4 Å². The van der Waals surface area contributed by atoms with E-state index in [0.29, 0.717) is 6.61 Å². The lowest BCUT2D eigenvalue weighted by Crippen LogP contribution is -2.31. The Labute approximate surface area is 171 Å². The Morgan fingerprint density at radius 3 is 2.62 bits per heavy atom. The maximum absolute atomic E-state index is 5.96. The summed E-state index contributed by atoms with van der Waals surface area (Å²) in [6, 6.07) is 21.4. The normalized spacial score (nSPS) is 14.3. The SMILES string of the molecule is CCOc1ccccc1-c1nc2ccc3ccccc3c2c2c1CN(CC)CC2. The summed E-state index contributed by atoms with van der Waals surface area (Å²) >= 11 is 0. The highest BCUT2D eigenvalue weighted by Gasteiger charge is 2.24. The molecule has 1 aliphatic heterocycles. The number of nitrogens with zero attached hydrogens (tertiary/aromatic N) is 2. The van der Waals surface area contributed by atoms with Gasteiger partial charge in [0.1, 0.15) is 5.75 Å². The van der Waals surface area contributed by atoms with E-state index in [1.54, 1.807) is 0 Å². The third-order valence-electron chi connectivity index (χ3n) is 6.04. The summed E-state index contributed by atoms with van der Waals surface area (Å²) in [5.41, 5.74) is 6.06. The number of hydrogen-bond acceptors (Lipinski definition) is 3. The average Bonchev–Trinajstić information content (AvgIpc) is 2.78. The van der Waals surface area contributed by atoms with Crippen LogP contribution in [0.1, 0.15) is 25.0 Å². The highest BCUT2D eigenvalue weighted by atomic mass is 16.5.